The van der Waals surface area contributed by atoms with E-state index in [1.54, 1.807) is 0 Å². The quantitative estimate of drug-likeness (QED) is 0.476. The zero-order valence-electron chi connectivity index (χ0n) is 14.8. The van der Waals surface area contributed by atoms with Gasteiger partial charge in [-0.2, -0.15) is 0 Å². The molecule has 0 aliphatic heterocycles. The van der Waals surface area contributed by atoms with Gasteiger partial charge in [0.2, 0.25) is 5.91 Å². The van der Waals surface area contributed by atoms with Crippen molar-refractivity contribution < 1.29 is 4.79 Å². The van der Waals surface area contributed by atoms with Crippen molar-refractivity contribution >= 4 is 11.9 Å². The van der Waals surface area contributed by atoms with E-state index in [9.17, 15) is 4.79 Å². The lowest BCUT2D eigenvalue weighted by atomic mass is 9.84. The molecule has 0 atom stereocenters. The van der Waals surface area contributed by atoms with Gasteiger partial charge in [0.05, 0.1) is 0 Å². The molecule has 22 heavy (non-hydrogen) atoms. The minimum Gasteiger partial charge on any atom is -0.357 e. The second-order valence-corrected chi connectivity index (χ2v) is 6.65. The summed E-state index contributed by atoms with van der Waals surface area (Å²) in [7, 11) is 0. The number of carbonyl (C=O) groups excluding carboxylic acids is 1. The van der Waals surface area contributed by atoms with Gasteiger partial charge in [-0.3, -0.25) is 9.79 Å². The molecule has 0 aromatic rings. The number of carbonyl (C=O) groups is 1. The number of rotatable bonds is 8. The lowest BCUT2D eigenvalue weighted by molar-refractivity contribution is -0.121. The maximum Gasteiger partial charge on any atom is 0.221 e. The smallest absolute Gasteiger partial charge is 0.221 e. The van der Waals surface area contributed by atoms with Crippen LogP contribution in [0.5, 0.6) is 0 Å². The van der Waals surface area contributed by atoms with Gasteiger partial charge in [-0.25, -0.2) is 0 Å². The maximum atomic E-state index is 11.6. The molecule has 1 aliphatic rings. The summed E-state index contributed by atoms with van der Waals surface area (Å²) in [6, 6.07) is 0.196. The van der Waals surface area contributed by atoms with E-state index < -0.39 is 0 Å². The van der Waals surface area contributed by atoms with Crippen LogP contribution in [-0.2, 0) is 4.79 Å². The van der Waals surface area contributed by atoms with Crippen LogP contribution in [0, 0.1) is 5.41 Å². The average molecular weight is 310 g/mol. The highest BCUT2D eigenvalue weighted by Gasteiger charge is 2.31. The molecule has 0 unspecified atom stereocenters. The van der Waals surface area contributed by atoms with Crippen molar-refractivity contribution in [3.8, 4) is 0 Å². The van der Waals surface area contributed by atoms with Gasteiger partial charge in [0, 0.05) is 32.1 Å². The van der Waals surface area contributed by atoms with Crippen LogP contribution in [0.15, 0.2) is 4.99 Å². The van der Waals surface area contributed by atoms with Crippen molar-refractivity contribution in [2.24, 2.45) is 10.4 Å². The molecule has 5 heteroatoms. The van der Waals surface area contributed by atoms with Crippen molar-refractivity contribution in [2.75, 3.05) is 19.6 Å². The van der Waals surface area contributed by atoms with E-state index >= 15 is 0 Å². The summed E-state index contributed by atoms with van der Waals surface area (Å²) >= 11 is 0. The first-order chi connectivity index (χ1) is 10.5. The zero-order chi connectivity index (χ0) is 16.4. The number of nitrogens with zero attached hydrogens (tertiary/aromatic N) is 1. The number of hydrogen-bond donors (Lipinski definition) is 3. The summed E-state index contributed by atoms with van der Waals surface area (Å²) in [5.41, 5.74) is 0.400. The van der Waals surface area contributed by atoms with Crippen LogP contribution in [0.3, 0.4) is 0 Å². The van der Waals surface area contributed by atoms with E-state index in [-0.39, 0.29) is 11.9 Å². The Bertz CT molecular complexity index is 360. The van der Waals surface area contributed by atoms with Gasteiger partial charge < -0.3 is 16.0 Å². The molecule has 0 spiro atoms. The third-order valence-corrected chi connectivity index (χ3v) is 4.43. The lowest BCUT2D eigenvalue weighted by Crippen LogP contribution is -2.40. The van der Waals surface area contributed by atoms with Gasteiger partial charge in [-0.15, -0.1) is 0 Å². The van der Waals surface area contributed by atoms with E-state index in [0.717, 1.165) is 19.0 Å². The van der Waals surface area contributed by atoms with Gasteiger partial charge in [0.1, 0.15) is 0 Å². The molecule has 3 N–H and O–H groups in total. The van der Waals surface area contributed by atoms with Gasteiger partial charge in [0.25, 0.3) is 0 Å². The number of nitrogens with one attached hydrogen (secondary N) is 3. The topological polar surface area (TPSA) is 65.5 Å². The van der Waals surface area contributed by atoms with Crippen LogP contribution in [0.1, 0.15) is 66.2 Å². The summed E-state index contributed by atoms with van der Waals surface area (Å²) in [4.78, 5) is 16.4. The maximum absolute atomic E-state index is 11.6. The zero-order valence-corrected chi connectivity index (χ0v) is 14.8. The first-order valence-corrected chi connectivity index (χ1v) is 8.83. The molecule has 0 heterocycles. The fourth-order valence-corrected chi connectivity index (χ4v) is 3.03. The van der Waals surface area contributed by atoms with Crippen LogP contribution in [0.25, 0.3) is 0 Å². The predicted octanol–water partition coefficient (Wildman–Crippen LogP) is 2.43. The highest BCUT2D eigenvalue weighted by atomic mass is 16.1. The Hall–Kier alpha value is -1.26. The molecule has 0 saturated heterocycles. The number of aliphatic imine (C=N–C) groups is 1. The SMILES string of the molecule is CCNC(=NCC1(CC)CCCC1)NCCC(=O)NC(C)C. The molecular weight excluding hydrogens is 276 g/mol. The van der Waals surface area contributed by atoms with Gasteiger partial charge in [0.15, 0.2) is 5.96 Å². The summed E-state index contributed by atoms with van der Waals surface area (Å²) < 4.78 is 0. The fraction of sp³-hybridized carbons (Fsp3) is 0.882. The Kier molecular flexibility index (Phi) is 8.28. The van der Waals surface area contributed by atoms with Crippen LogP contribution in [-0.4, -0.2) is 37.5 Å². The molecule has 0 radical (unpaired) electrons. The van der Waals surface area contributed by atoms with Gasteiger partial charge in [-0.05, 0) is 45.4 Å². The number of hydrogen-bond acceptors (Lipinski definition) is 2. The first-order valence-electron chi connectivity index (χ1n) is 8.83. The molecule has 1 rings (SSSR count). The first kappa shape index (κ1) is 18.8. The van der Waals surface area contributed by atoms with Crippen molar-refractivity contribution in [1.82, 2.24) is 16.0 Å². The van der Waals surface area contributed by atoms with Crippen LogP contribution in [0.4, 0.5) is 0 Å². The minimum atomic E-state index is 0.0826. The Morgan fingerprint density at radius 3 is 2.41 bits per heavy atom. The predicted molar refractivity (Wildman–Crippen MR) is 93.1 cm³/mol. The summed E-state index contributed by atoms with van der Waals surface area (Å²) in [5, 5.41) is 9.44. The van der Waals surface area contributed by atoms with Gasteiger partial charge in [-0.1, -0.05) is 19.8 Å². The highest BCUT2D eigenvalue weighted by molar-refractivity contribution is 5.81. The van der Waals surface area contributed by atoms with Crippen LogP contribution < -0.4 is 16.0 Å². The molecule has 5 nitrogen and oxygen atoms in total. The normalized spacial score (nSPS) is 17.6. The van der Waals surface area contributed by atoms with E-state index in [0.29, 0.717) is 18.4 Å². The standard InChI is InChI=1S/C17H34N4O/c1-5-17(10-7-8-11-17)13-20-16(18-6-2)19-12-9-15(22)21-14(3)4/h14H,5-13H2,1-4H3,(H,21,22)(H2,18,19,20). The number of amides is 1. The largest absolute Gasteiger partial charge is 0.357 e. The summed E-state index contributed by atoms with van der Waals surface area (Å²) in [6.45, 7) is 10.6. The van der Waals surface area contributed by atoms with Gasteiger partial charge >= 0.3 is 0 Å². The van der Waals surface area contributed by atoms with E-state index in [2.05, 4.69) is 29.8 Å². The fourth-order valence-electron chi connectivity index (χ4n) is 3.03. The Morgan fingerprint density at radius 1 is 1.18 bits per heavy atom. The third kappa shape index (κ3) is 6.67. The molecule has 1 saturated carbocycles. The highest BCUT2D eigenvalue weighted by Crippen LogP contribution is 2.41. The monoisotopic (exact) mass is 310 g/mol. The Labute approximate surface area is 135 Å². The van der Waals surface area contributed by atoms with Crippen molar-refractivity contribution in [1.29, 1.82) is 0 Å². The molecule has 1 amide bonds. The molecular formula is C17H34N4O. The van der Waals surface area contributed by atoms with E-state index in [1.165, 1.54) is 32.1 Å². The van der Waals surface area contributed by atoms with Crippen LogP contribution in [0.2, 0.25) is 0 Å². The summed E-state index contributed by atoms with van der Waals surface area (Å²) in [5.74, 6) is 0.916. The minimum absolute atomic E-state index is 0.0826. The van der Waals surface area contributed by atoms with Crippen molar-refractivity contribution in [3.63, 3.8) is 0 Å². The second kappa shape index (κ2) is 9.70. The average Bonchev–Trinajstić information content (AvgIpc) is 2.93. The Morgan fingerprint density at radius 2 is 1.86 bits per heavy atom. The molecule has 1 aliphatic carbocycles. The summed E-state index contributed by atoms with van der Waals surface area (Å²) in [6.07, 6.45) is 6.94. The van der Waals surface area contributed by atoms with E-state index in [4.69, 9.17) is 4.99 Å². The van der Waals surface area contributed by atoms with Crippen LogP contribution >= 0.6 is 0 Å². The molecule has 128 valence electrons. The Balaban J connectivity index is 2.43. The van der Waals surface area contributed by atoms with Crippen molar-refractivity contribution in [3.05, 3.63) is 0 Å². The van der Waals surface area contributed by atoms with E-state index in [1.807, 2.05) is 13.8 Å². The van der Waals surface area contributed by atoms with Crippen molar-refractivity contribution in [2.45, 2.75) is 72.3 Å². The molecule has 1 fully saturated rings. The second-order valence-electron chi connectivity index (χ2n) is 6.65. The number of guanidine groups is 1. The molecule has 0 aromatic carbocycles. The lowest BCUT2D eigenvalue weighted by Gasteiger charge is -2.25. The molecule has 0 aromatic heterocycles. The third-order valence-electron chi connectivity index (χ3n) is 4.43. The molecule has 0 bridgehead atoms.